The van der Waals surface area contributed by atoms with Crippen LogP contribution in [-0.4, -0.2) is 39.5 Å². The average molecular weight is 405 g/mol. The lowest BCUT2D eigenvalue weighted by atomic mass is 9.96. The third kappa shape index (κ3) is 5.74. The Bertz CT molecular complexity index is 847. The van der Waals surface area contributed by atoms with Crippen molar-refractivity contribution in [1.29, 1.82) is 5.26 Å². The lowest BCUT2D eigenvalue weighted by Crippen LogP contribution is -2.51. The minimum Gasteiger partial charge on any atom is -0.368 e. The maximum absolute atomic E-state index is 14.0. The van der Waals surface area contributed by atoms with Gasteiger partial charge in [-0.15, -0.1) is 0 Å². The minimum atomic E-state index is -4.71. The van der Waals surface area contributed by atoms with Gasteiger partial charge in [0.2, 0.25) is 5.91 Å². The molecule has 6 nitrogen and oxygen atoms in total. The number of nitrogens with zero attached hydrogens (tertiary/aromatic N) is 4. The standard InChI is InChI=1S/C20H22F3N5O/c1-13(2)9-17(19(25)29)28(8-7-24)18(20(21,22)23)15-5-3-14(4-6-15)16-10-26-12-27-11-16/h3-6,10-13,17-18H,8-9H2,1-2H3,(H2,25,29)/t17-,18-/m0/s1. The molecule has 0 spiro atoms. The van der Waals surface area contributed by atoms with E-state index >= 15 is 0 Å². The fourth-order valence-electron chi connectivity index (χ4n) is 3.20. The highest BCUT2D eigenvalue weighted by molar-refractivity contribution is 5.80. The molecule has 154 valence electrons. The highest BCUT2D eigenvalue weighted by Crippen LogP contribution is 2.40. The summed E-state index contributed by atoms with van der Waals surface area (Å²) >= 11 is 0. The van der Waals surface area contributed by atoms with Gasteiger partial charge in [-0.1, -0.05) is 38.1 Å². The van der Waals surface area contributed by atoms with E-state index in [1.807, 2.05) is 0 Å². The van der Waals surface area contributed by atoms with Crippen LogP contribution in [0.2, 0.25) is 0 Å². The number of aromatic nitrogens is 2. The van der Waals surface area contributed by atoms with Gasteiger partial charge in [0.05, 0.1) is 18.7 Å². The van der Waals surface area contributed by atoms with Gasteiger partial charge in [0.25, 0.3) is 0 Å². The van der Waals surface area contributed by atoms with Gasteiger partial charge in [-0.2, -0.15) is 18.4 Å². The Morgan fingerprint density at radius 2 is 1.76 bits per heavy atom. The van der Waals surface area contributed by atoms with Crippen molar-refractivity contribution < 1.29 is 18.0 Å². The molecule has 29 heavy (non-hydrogen) atoms. The number of rotatable bonds is 8. The second-order valence-electron chi connectivity index (χ2n) is 7.07. The first-order valence-electron chi connectivity index (χ1n) is 8.99. The van der Waals surface area contributed by atoms with Crippen molar-refractivity contribution in [3.8, 4) is 17.2 Å². The summed E-state index contributed by atoms with van der Waals surface area (Å²) in [4.78, 5) is 20.6. The SMILES string of the molecule is CC(C)C[C@@H](C(N)=O)N(CC#N)[C@@H](c1ccc(-c2cncnc2)cc1)C(F)(F)F. The molecule has 0 aliphatic heterocycles. The minimum absolute atomic E-state index is 0.0802. The van der Waals surface area contributed by atoms with E-state index < -0.39 is 30.7 Å². The number of primary amides is 1. The monoisotopic (exact) mass is 405 g/mol. The Hall–Kier alpha value is -2.99. The summed E-state index contributed by atoms with van der Waals surface area (Å²) < 4.78 is 42.1. The van der Waals surface area contributed by atoms with E-state index in [0.717, 1.165) is 4.90 Å². The number of hydrogen-bond donors (Lipinski definition) is 1. The first kappa shape index (κ1) is 22.3. The molecule has 0 radical (unpaired) electrons. The van der Waals surface area contributed by atoms with Crippen LogP contribution in [-0.2, 0) is 4.79 Å². The molecule has 2 atom stereocenters. The second kappa shape index (κ2) is 9.47. The van der Waals surface area contributed by atoms with E-state index in [2.05, 4.69) is 9.97 Å². The third-order valence-electron chi connectivity index (χ3n) is 4.44. The number of halogens is 3. The van der Waals surface area contributed by atoms with Crippen LogP contribution in [0.4, 0.5) is 13.2 Å². The van der Waals surface area contributed by atoms with Gasteiger partial charge < -0.3 is 5.73 Å². The molecule has 1 aromatic heterocycles. The number of carbonyl (C=O) groups is 1. The van der Waals surface area contributed by atoms with Crippen LogP contribution < -0.4 is 5.73 Å². The summed E-state index contributed by atoms with van der Waals surface area (Å²) in [6, 6.07) is 4.10. The van der Waals surface area contributed by atoms with Crippen molar-refractivity contribution >= 4 is 5.91 Å². The van der Waals surface area contributed by atoms with Crippen molar-refractivity contribution in [1.82, 2.24) is 14.9 Å². The van der Waals surface area contributed by atoms with Gasteiger partial charge in [0, 0.05) is 18.0 Å². The van der Waals surface area contributed by atoms with E-state index in [0.29, 0.717) is 11.1 Å². The third-order valence-corrected chi connectivity index (χ3v) is 4.44. The van der Waals surface area contributed by atoms with Crippen molar-refractivity contribution in [3.63, 3.8) is 0 Å². The summed E-state index contributed by atoms with van der Waals surface area (Å²) in [7, 11) is 0. The molecule has 0 aliphatic carbocycles. The normalized spacial score (nSPS) is 13.9. The number of nitrogens with two attached hydrogens (primary N) is 1. The van der Waals surface area contributed by atoms with Gasteiger partial charge in [-0.25, -0.2) is 9.97 Å². The van der Waals surface area contributed by atoms with Gasteiger partial charge in [0.15, 0.2) is 0 Å². The topological polar surface area (TPSA) is 95.9 Å². The predicted molar refractivity (Wildman–Crippen MR) is 101 cm³/mol. The van der Waals surface area contributed by atoms with Gasteiger partial charge in [0.1, 0.15) is 12.4 Å². The van der Waals surface area contributed by atoms with Crippen molar-refractivity contribution in [2.45, 2.75) is 38.5 Å². The largest absolute Gasteiger partial charge is 0.408 e. The number of alkyl halides is 3. The Morgan fingerprint density at radius 1 is 1.17 bits per heavy atom. The summed E-state index contributed by atoms with van der Waals surface area (Å²) in [5.74, 6) is -0.968. The first-order chi connectivity index (χ1) is 13.6. The number of benzene rings is 1. The maximum Gasteiger partial charge on any atom is 0.408 e. The molecular formula is C20H22F3N5O. The summed E-state index contributed by atoms with van der Waals surface area (Å²) in [5, 5.41) is 9.13. The predicted octanol–water partition coefficient (Wildman–Crippen LogP) is 3.47. The summed E-state index contributed by atoms with van der Waals surface area (Å²) in [6.07, 6.45) is -0.133. The molecule has 0 saturated heterocycles. The number of hydrogen-bond acceptors (Lipinski definition) is 5. The molecule has 2 N–H and O–H groups in total. The van der Waals surface area contributed by atoms with Crippen LogP contribution >= 0.6 is 0 Å². The molecular weight excluding hydrogens is 383 g/mol. The summed E-state index contributed by atoms with van der Waals surface area (Å²) in [5.41, 5.74) is 6.63. The van der Waals surface area contributed by atoms with E-state index in [4.69, 9.17) is 11.0 Å². The zero-order chi connectivity index (χ0) is 21.6. The zero-order valence-corrected chi connectivity index (χ0v) is 16.1. The Morgan fingerprint density at radius 3 is 2.21 bits per heavy atom. The van der Waals surface area contributed by atoms with E-state index in [1.165, 1.54) is 30.6 Å². The van der Waals surface area contributed by atoms with Crippen LogP contribution in [0.1, 0.15) is 31.9 Å². The van der Waals surface area contributed by atoms with Crippen LogP contribution in [0.5, 0.6) is 0 Å². The molecule has 2 aromatic rings. The van der Waals surface area contributed by atoms with Crippen molar-refractivity contribution in [2.75, 3.05) is 6.54 Å². The zero-order valence-electron chi connectivity index (χ0n) is 16.1. The highest BCUT2D eigenvalue weighted by atomic mass is 19.4. The van der Waals surface area contributed by atoms with Crippen LogP contribution in [0.3, 0.4) is 0 Å². The number of carbonyl (C=O) groups excluding carboxylic acids is 1. The Labute approximate surface area is 167 Å². The molecule has 2 rings (SSSR count). The van der Waals surface area contributed by atoms with Gasteiger partial charge in [-0.05, 0) is 23.5 Å². The van der Waals surface area contributed by atoms with Crippen LogP contribution in [0.25, 0.3) is 11.1 Å². The molecule has 0 fully saturated rings. The van der Waals surface area contributed by atoms with Crippen molar-refractivity contribution in [2.24, 2.45) is 11.7 Å². The fraction of sp³-hybridized carbons (Fsp3) is 0.400. The molecule has 1 heterocycles. The first-order valence-corrected chi connectivity index (χ1v) is 8.99. The molecule has 9 heteroatoms. The number of amides is 1. The van der Waals surface area contributed by atoms with Crippen LogP contribution in [0, 0.1) is 17.2 Å². The average Bonchev–Trinajstić information content (AvgIpc) is 2.66. The quantitative estimate of drug-likeness (QED) is 0.679. The molecule has 1 amide bonds. The highest BCUT2D eigenvalue weighted by Gasteiger charge is 2.47. The second-order valence-corrected chi connectivity index (χ2v) is 7.07. The Kier molecular flexibility index (Phi) is 7.29. The lowest BCUT2D eigenvalue weighted by molar-refractivity contribution is -0.192. The maximum atomic E-state index is 14.0. The molecule has 0 bridgehead atoms. The fourth-order valence-corrected chi connectivity index (χ4v) is 3.20. The Balaban J connectivity index is 2.48. The number of nitriles is 1. The van der Waals surface area contributed by atoms with Gasteiger partial charge >= 0.3 is 6.18 Å². The van der Waals surface area contributed by atoms with Crippen LogP contribution in [0.15, 0.2) is 43.0 Å². The summed E-state index contributed by atoms with van der Waals surface area (Å²) in [6.45, 7) is 2.97. The smallest absolute Gasteiger partial charge is 0.368 e. The molecule has 0 aliphatic rings. The van der Waals surface area contributed by atoms with E-state index in [-0.39, 0.29) is 17.9 Å². The molecule has 0 saturated carbocycles. The lowest BCUT2D eigenvalue weighted by Gasteiger charge is -2.37. The molecule has 0 unspecified atom stereocenters. The van der Waals surface area contributed by atoms with Gasteiger partial charge in [-0.3, -0.25) is 9.69 Å². The van der Waals surface area contributed by atoms with Crippen molar-refractivity contribution in [3.05, 3.63) is 48.5 Å². The van der Waals surface area contributed by atoms with E-state index in [1.54, 1.807) is 32.3 Å². The molecule has 1 aromatic carbocycles. The van der Waals surface area contributed by atoms with E-state index in [9.17, 15) is 18.0 Å².